The Morgan fingerprint density at radius 1 is 1.53 bits per heavy atom. The summed E-state index contributed by atoms with van der Waals surface area (Å²) in [5.41, 5.74) is 0. The summed E-state index contributed by atoms with van der Waals surface area (Å²) in [6.07, 6.45) is 1.76. The summed E-state index contributed by atoms with van der Waals surface area (Å²) in [4.78, 5) is 6.66. The van der Waals surface area contributed by atoms with Gasteiger partial charge in [-0.1, -0.05) is 11.6 Å². The zero-order valence-electron chi connectivity index (χ0n) is 9.07. The second kappa shape index (κ2) is 4.37. The molecule has 0 radical (unpaired) electrons. The van der Waals surface area contributed by atoms with Crippen molar-refractivity contribution >= 4 is 17.4 Å². The smallest absolute Gasteiger partial charge is 0.130 e. The number of hydrogen-bond acceptors (Lipinski definition) is 3. The van der Waals surface area contributed by atoms with Gasteiger partial charge in [0.25, 0.3) is 0 Å². The second-order valence-electron chi connectivity index (χ2n) is 4.01. The molecule has 3 nitrogen and oxygen atoms in total. The lowest BCUT2D eigenvalue weighted by molar-refractivity contribution is 0.402. The summed E-state index contributed by atoms with van der Waals surface area (Å²) >= 11 is 5.97. The van der Waals surface area contributed by atoms with Gasteiger partial charge in [-0.25, -0.2) is 4.98 Å². The molecule has 0 amide bonds. The quantitative estimate of drug-likeness (QED) is 0.792. The first kappa shape index (κ1) is 10.7. The molecule has 1 saturated heterocycles. The fraction of sp³-hybridized carbons (Fsp3) is 0.545. The maximum atomic E-state index is 5.97. The van der Waals surface area contributed by atoms with Crippen LogP contribution in [0.25, 0.3) is 0 Å². The molecular weight excluding hydrogens is 210 g/mol. The van der Waals surface area contributed by atoms with Crippen LogP contribution in [-0.4, -0.2) is 30.2 Å². The monoisotopic (exact) mass is 225 g/mol. The third kappa shape index (κ3) is 2.24. The maximum absolute atomic E-state index is 5.97. The van der Waals surface area contributed by atoms with E-state index in [9.17, 15) is 0 Å². The first-order valence-electron chi connectivity index (χ1n) is 5.30. The first-order chi connectivity index (χ1) is 7.18. The van der Waals surface area contributed by atoms with Gasteiger partial charge in [-0.2, -0.15) is 0 Å². The number of rotatable bonds is 1. The molecule has 1 N–H and O–H groups in total. The molecule has 1 fully saturated rings. The zero-order chi connectivity index (χ0) is 10.8. The maximum Gasteiger partial charge on any atom is 0.130 e. The van der Waals surface area contributed by atoms with Gasteiger partial charge in [0.15, 0.2) is 0 Å². The van der Waals surface area contributed by atoms with Crippen molar-refractivity contribution in [3.8, 4) is 0 Å². The van der Waals surface area contributed by atoms with Gasteiger partial charge in [-0.05, 0) is 26.0 Å². The number of nitrogens with one attached hydrogen (secondary N) is 1. The molecule has 0 bridgehead atoms. The number of piperazine rings is 1. The largest absolute Gasteiger partial charge is 0.351 e. The van der Waals surface area contributed by atoms with E-state index in [0.717, 1.165) is 23.9 Å². The molecule has 0 aromatic carbocycles. The van der Waals surface area contributed by atoms with Gasteiger partial charge < -0.3 is 10.2 Å². The molecule has 15 heavy (non-hydrogen) atoms. The van der Waals surface area contributed by atoms with Gasteiger partial charge in [0.1, 0.15) is 5.82 Å². The Hall–Kier alpha value is -0.800. The summed E-state index contributed by atoms with van der Waals surface area (Å²) in [5, 5.41) is 4.19. The molecule has 0 spiro atoms. The Morgan fingerprint density at radius 3 is 3.07 bits per heavy atom. The van der Waals surface area contributed by atoms with Gasteiger partial charge in [0.2, 0.25) is 0 Å². The minimum atomic E-state index is 0.449. The zero-order valence-corrected chi connectivity index (χ0v) is 9.83. The lowest BCUT2D eigenvalue weighted by Gasteiger charge is -2.39. The van der Waals surface area contributed by atoms with Gasteiger partial charge in [-0.15, -0.1) is 0 Å². The lowest BCUT2D eigenvalue weighted by atomic mass is 10.1. The van der Waals surface area contributed by atoms with Crippen LogP contribution in [0, 0.1) is 0 Å². The Bertz CT molecular complexity index is 342. The van der Waals surface area contributed by atoms with E-state index in [1.165, 1.54) is 0 Å². The summed E-state index contributed by atoms with van der Waals surface area (Å²) in [7, 11) is 0. The Labute approximate surface area is 95.4 Å². The van der Waals surface area contributed by atoms with Crippen LogP contribution in [0.3, 0.4) is 0 Å². The highest BCUT2D eigenvalue weighted by molar-refractivity contribution is 6.30. The highest BCUT2D eigenvalue weighted by Gasteiger charge is 2.24. The summed E-state index contributed by atoms with van der Waals surface area (Å²) < 4.78 is 0. The molecule has 1 aromatic heterocycles. The van der Waals surface area contributed by atoms with Crippen molar-refractivity contribution in [3.63, 3.8) is 0 Å². The molecule has 1 aliphatic rings. The van der Waals surface area contributed by atoms with E-state index in [2.05, 4.69) is 29.0 Å². The van der Waals surface area contributed by atoms with E-state index in [-0.39, 0.29) is 0 Å². The minimum absolute atomic E-state index is 0.449. The lowest BCUT2D eigenvalue weighted by Crippen LogP contribution is -2.55. The normalized spacial score (nSPS) is 26.7. The predicted octanol–water partition coefficient (Wildman–Crippen LogP) is 1.92. The van der Waals surface area contributed by atoms with E-state index >= 15 is 0 Å². The molecule has 2 heterocycles. The highest BCUT2D eigenvalue weighted by atomic mass is 35.5. The number of anilines is 1. The van der Waals surface area contributed by atoms with Crippen molar-refractivity contribution in [2.75, 3.05) is 18.0 Å². The predicted molar refractivity (Wildman–Crippen MR) is 63.5 cm³/mol. The Kier molecular flexibility index (Phi) is 3.12. The number of halogens is 1. The Balaban J connectivity index is 2.22. The van der Waals surface area contributed by atoms with E-state index < -0.39 is 0 Å². The third-order valence-electron chi connectivity index (χ3n) is 3.04. The number of hydrogen-bond donors (Lipinski definition) is 1. The molecule has 2 atom stereocenters. The van der Waals surface area contributed by atoms with Crippen molar-refractivity contribution in [1.29, 1.82) is 0 Å². The fourth-order valence-corrected chi connectivity index (χ4v) is 2.08. The minimum Gasteiger partial charge on any atom is -0.351 e. The van der Waals surface area contributed by atoms with Gasteiger partial charge in [0.05, 0.1) is 0 Å². The van der Waals surface area contributed by atoms with Crippen LogP contribution in [-0.2, 0) is 0 Å². The summed E-state index contributed by atoms with van der Waals surface area (Å²) in [5.74, 6) is 0.975. The molecule has 4 heteroatoms. The molecule has 1 aromatic rings. The van der Waals surface area contributed by atoms with E-state index in [4.69, 9.17) is 11.6 Å². The van der Waals surface area contributed by atoms with Crippen LogP contribution >= 0.6 is 11.6 Å². The SMILES string of the molecule is CC1NCCN(c2cc(Cl)ccn2)C1C. The Morgan fingerprint density at radius 2 is 2.33 bits per heavy atom. The van der Waals surface area contributed by atoms with Crippen LogP contribution in [0.5, 0.6) is 0 Å². The molecular formula is C11H16ClN3. The number of nitrogens with zero attached hydrogens (tertiary/aromatic N) is 2. The topological polar surface area (TPSA) is 28.2 Å². The third-order valence-corrected chi connectivity index (χ3v) is 3.27. The van der Waals surface area contributed by atoms with Crippen molar-refractivity contribution in [1.82, 2.24) is 10.3 Å². The van der Waals surface area contributed by atoms with Gasteiger partial charge in [-0.3, -0.25) is 0 Å². The standard InChI is InChI=1S/C11H16ClN3/c1-8-9(2)15(6-5-13-8)11-7-10(12)3-4-14-11/h3-4,7-9,13H,5-6H2,1-2H3. The average Bonchev–Trinajstić information content (AvgIpc) is 2.22. The van der Waals surface area contributed by atoms with Crippen molar-refractivity contribution < 1.29 is 0 Å². The van der Waals surface area contributed by atoms with Gasteiger partial charge in [0, 0.05) is 36.4 Å². The van der Waals surface area contributed by atoms with Crippen LogP contribution in [0.2, 0.25) is 5.02 Å². The van der Waals surface area contributed by atoms with Crippen molar-refractivity contribution in [2.45, 2.75) is 25.9 Å². The molecule has 2 rings (SSSR count). The average molecular weight is 226 g/mol. The first-order valence-corrected chi connectivity index (χ1v) is 5.68. The molecule has 0 saturated carbocycles. The molecule has 1 aliphatic heterocycles. The van der Waals surface area contributed by atoms with Gasteiger partial charge >= 0.3 is 0 Å². The van der Waals surface area contributed by atoms with Crippen LogP contribution in [0.15, 0.2) is 18.3 Å². The van der Waals surface area contributed by atoms with Crippen LogP contribution < -0.4 is 10.2 Å². The van der Waals surface area contributed by atoms with Crippen molar-refractivity contribution in [2.24, 2.45) is 0 Å². The van der Waals surface area contributed by atoms with E-state index in [1.54, 1.807) is 12.3 Å². The number of pyridine rings is 1. The van der Waals surface area contributed by atoms with Crippen LogP contribution in [0.1, 0.15) is 13.8 Å². The second-order valence-corrected chi connectivity index (χ2v) is 4.45. The fourth-order valence-electron chi connectivity index (χ4n) is 1.93. The molecule has 2 unspecified atom stereocenters. The van der Waals surface area contributed by atoms with Crippen LogP contribution in [0.4, 0.5) is 5.82 Å². The number of aromatic nitrogens is 1. The van der Waals surface area contributed by atoms with E-state index in [0.29, 0.717) is 12.1 Å². The molecule has 0 aliphatic carbocycles. The van der Waals surface area contributed by atoms with E-state index in [1.807, 2.05) is 6.07 Å². The summed E-state index contributed by atoms with van der Waals surface area (Å²) in [6, 6.07) is 4.67. The van der Waals surface area contributed by atoms with Crippen molar-refractivity contribution in [3.05, 3.63) is 23.4 Å². The molecule has 82 valence electrons. The summed E-state index contributed by atoms with van der Waals surface area (Å²) in [6.45, 7) is 6.39. The highest BCUT2D eigenvalue weighted by Crippen LogP contribution is 2.20.